The Hall–Kier alpha value is -2.89. The van der Waals surface area contributed by atoms with Crippen LogP contribution in [0.15, 0.2) is 48.5 Å². The number of ether oxygens (including phenoxy) is 1. The van der Waals surface area contributed by atoms with Gasteiger partial charge in [-0.05, 0) is 31.9 Å². The molecule has 1 aromatic heterocycles. The summed E-state index contributed by atoms with van der Waals surface area (Å²) in [6.45, 7) is 5.43. The van der Waals surface area contributed by atoms with Gasteiger partial charge in [0.25, 0.3) is 5.91 Å². The van der Waals surface area contributed by atoms with E-state index in [1.54, 1.807) is 49.4 Å². The van der Waals surface area contributed by atoms with Crippen LogP contribution in [0.5, 0.6) is 5.88 Å². The molecule has 6 heteroatoms. The number of hydrogen-bond acceptors (Lipinski definition) is 4. The molecule has 1 atom stereocenters. The number of carboxylic acids is 1. The standard InChI is InChI=1S/C19H22N2O4/c1-4-19(18(23)24,14-9-6-5-7-10-14)21-17(22)15-11-8-12-16(20-15)25-13(2)3/h5-13H,4H2,1-3H3,(H,21,22)(H,23,24). The lowest BCUT2D eigenvalue weighted by atomic mass is 9.87. The first kappa shape index (κ1) is 18.4. The maximum Gasteiger partial charge on any atom is 0.334 e. The minimum atomic E-state index is -1.52. The number of nitrogens with zero attached hydrogens (tertiary/aromatic N) is 1. The van der Waals surface area contributed by atoms with Crippen molar-refractivity contribution in [1.29, 1.82) is 0 Å². The van der Waals surface area contributed by atoms with Gasteiger partial charge in [0.1, 0.15) is 5.69 Å². The lowest BCUT2D eigenvalue weighted by molar-refractivity contribution is -0.145. The van der Waals surface area contributed by atoms with Crippen LogP contribution >= 0.6 is 0 Å². The minimum absolute atomic E-state index is 0.0797. The van der Waals surface area contributed by atoms with Crippen LogP contribution in [-0.4, -0.2) is 28.1 Å². The van der Waals surface area contributed by atoms with Gasteiger partial charge in [-0.15, -0.1) is 0 Å². The van der Waals surface area contributed by atoms with Gasteiger partial charge in [-0.25, -0.2) is 9.78 Å². The number of carbonyl (C=O) groups excluding carboxylic acids is 1. The van der Waals surface area contributed by atoms with Crippen LogP contribution in [0.3, 0.4) is 0 Å². The van der Waals surface area contributed by atoms with E-state index in [1.807, 2.05) is 13.8 Å². The highest BCUT2D eigenvalue weighted by Crippen LogP contribution is 2.26. The molecule has 25 heavy (non-hydrogen) atoms. The lowest BCUT2D eigenvalue weighted by Crippen LogP contribution is -2.51. The summed E-state index contributed by atoms with van der Waals surface area (Å²) in [5.74, 6) is -1.37. The number of rotatable bonds is 7. The number of carboxylic acid groups (broad SMARTS) is 1. The third-order valence-corrected chi connectivity index (χ3v) is 3.80. The third-order valence-electron chi connectivity index (χ3n) is 3.80. The maximum absolute atomic E-state index is 12.6. The van der Waals surface area contributed by atoms with E-state index in [9.17, 15) is 14.7 Å². The average Bonchev–Trinajstić information content (AvgIpc) is 2.59. The van der Waals surface area contributed by atoms with Crippen molar-refractivity contribution in [1.82, 2.24) is 10.3 Å². The molecule has 2 aromatic rings. The molecule has 0 spiro atoms. The number of aliphatic carboxylic acids is 1. The van der Waals surface area contributed by atoms with Crippen molar-refractivity contribution in [2.24, 2.45) is 0 Å². The SMILES string of the molecule is CCC(NC(=O)c1cccc(OC(C)C)n1)(C(=O)O)c1ccccc1. The summed E-state index contributed by atoms with van der Waals surface area (Å²) in [6, 6.07) is 13.5. The van der Waals surface area contributed by atoms with Crippen LogP contribution < -0.4 is 10.1 Å². The zero-order chi connectivity index (χ0) is 18.4. The summed E-state index contributed by atoms with van der Waals surface area (Å²) in [4.78, 5) is 28.8. The Morgan fingerprint density at radius 2 is 1.84 bits per heavy atom. The molecule has 1 amide bonds. The highest BCUT2D eigenvalue weighted by molar-refractivity contribution is 5.96. The van der Waals surface area contributed by atoms with Crippen molar-refractivity contribution < 1.29 is 19.4 Å². The number of nitrogens with one attached hydrogen (secondary N) is 1. The first-order chi connectivity index (χ1) is 11.9. The molecule has 0 aliphatic heterocycles. The molecule has 0 saturated carbocycles. The molecule has 132 valence electrons. The quantitative estimate of drug-likeness (QED) is 0.807. The van der Waals surface area contributed by atoms with E-state index in [-0.39, 0.29) is 18.2 Å². The maximum atomic E-state index is 12.6. The third kappa shape index (κ3) is 4.15. The minimum Gasteiger partial charge on any atom is -0.479 e. The van der Waals surface area contributed by atoms with Crippen molar-refractivity contribution >= 4 is 11.9 Å². The normalized spacial score (nSPS) is 13.1. The molecule has 1 heterocycles. The topological polar surface area (TPSA) is 88.5 Å². The van der Waals surface area contributed by atoms with Crippen molar-refractivity contribution in [2.75, 3.05) is 0 Å². The Kier molecular flexibility index (Phi) is 5.75. The summed E-state index contributed by atoms with van der Waals surface area (Å²) in [5, 5.41) is 12.4. The number of hydrogen-bond donors (Lipinski definition) is 2. The van der Waals surface area contributed by atoms with Gasteiger partial charge in [0.15, 0.2) is 5.54 Å². The van der Waals surface area contributed by atoms with Gasteiger partial charge in [0.2, 0.25) is 5.88 Å². The number of pyridine rings is 1. The van der Waals surface area contributed by atoms with Crippen LogP contribution in [0.4, 0.5) is 0 Å². The van der Waals surface area contributed by atoms with Crippen LogP contribution in [-0.2, 0) is 10.3 Å². The molecule has 0 bridgehead atoms. The van der Waals surface area contributed by atoms with Gasteiger partial charge < -0.3 is 15.2 Å². The first-order valence-corrected chi connectivity index (χ1v) is 8.14. The summed E-state index contributed by atoms with van der Waals surface area (Å²) in [5.41, 5.74) is -0.907. The molecule has 0 saturated heterocycles. The fourth-order valence-electron chi connectivity index (χ4n) is 2.52. The monoisotopic (exact) mass is 342 g/mol. The second kappa shape index (κ2) is 7.79. The number of carbonyl (C=O) groups is 2. The fourth-order valence-corrected chi connectivity index (χ4v) is 2.52. The van der Waals surface area contributed by atoms with Crippen LogP contribution in [0.25, 0.3) is 0 Å². The summed E-state index contributed by atoms with van der Waals surface area (Å²) >= 11 is 0. The van der Waals surface area contributed by atoms with E-state index < -0.39 is 17.4 Å². The highest BCUT2D eigenvalue weighted by atomic mass is 16.5. The van der Waals surface area contributed by atoms with Crippen LogP contribution in [0.1, 0.15) is 43.2 Å². The number of benzene rings is 1. The Labute approximate surface area is 146 Å². The van der Waals surface area contributed by atoms with E-state index >= 15 is 0 Å². The van der Waals surface area contributed by atoms with Crippen LogP contribution in [0.2, 0.25) is 0 Å². The van der Waals surface area contributed by atoms with Crippen molar-refractivity contribution in [3.63, 3.8) is 0 Å². The second-order valence-corrected chi connectivity index (χ2v) is 5.91. The zero-order valence-electron chi connectivity index (χ0n) is 14.5. The molecule has 0 aliphatic rings. The smallest absolute Gasteiger partial charge is 0.334 e. The van der Waals surface area contributed by atoms with E-state index in [0.29, 0.717) is 11.4 Å². The van der Waals surface area contributed by atoms with Gasteiger partial charge in [-0.1, -0.05) is 43.3 Å². The number of aromatic nitrogens is 1. The second-order valence-electron chi connectivity index (χ2n) is 5.91. The Morgan fingerprint density at radius 3 is 2.40 bits per heavy atom. The van der Waals surface area contributed by atoms with Crippen molar-refractivity contribution in [3.8, 4) is 5.88 Å². The average molecular weight is 342 g/mol. The molecule has 0 radical (unpaired) electrons. The molecule has 0 aliphatic carbocycles. The van der Waals surface area contributed by atoms with Gasteiger partial charge in [0.05, 0.1) is 6.10 Å². The van der Waals surface area contributed by atoms with E-state index in [1.165, 1.54) is 6.07 Å². The lowest BCUT2D eigenvalue weighted by Gasteiger charge is -2.29. The highest BCUT2D eigenvalue weighted by Gasteiger charge is 2.40. The predicted octanol–water partition coefficient (Wildman–Crippen LogP) is 2.99. The van der Waals surface area contributed by atoms with Crippen molar-refractivity contribution in [2.45, 2.75) is 38.8 Å². The Bertz CT molecular complexity index is 746. The fraction of sp³-hybridized carbons (Fsp3) is 0.316. The van der Waals surface area contributed by atoms with Gasteiger partial charge >= 0.3 is 5.97 Å². The van der Waals surface area contributed by atoms with Crippen molar-refractivity contribution in [3.05, 3.63) is 59.8 Å². The molecular formula is C19H22N2O4. The molecular weight excluding hydrogens is 320 g/mol. The van der Waals surface area contributed by atoms with E-state index in [2.05, 4.69) is 10.3 Å². The van der Waals surface area contributed by atoms with E-state index in [4.69, 9.17) is 4.74 Å². The largest absolute Gasteiger partial charge is 0.479 e. The number of amides is 1. The molecule has 6 nitrogen and oxygen atoms in total. The zero-order valence-corrected chi connectivity index (χ0v) is 14.5. The molecule has 2 rings (SSSR count). The predicted molar refractivity (Wildman–Crippen MR) is 93.5 cm³/mol. The van der Waals surface area contributed by atoms with Gasteiger partial charge in [-0.3, -0.25) is 4.79 Å². The molecule has 2 N–H and O–H groups in total. The van der Waals surface area contributed by atoms with Gasteiger partial charge in [-0.2, -0.15) is 0 Å². The summed E-state index contributed by atoms with van der Waals surface area (Å²) < 4.78 is 5.49. The van der Waals surface area contributed by atoms with E-state index in [0.717, 1.165) is 0 Å². The molecule has 1 aromatic carbocycles. The summed E-state index contributed by atoms with van der Waals surface area (Å²) in [7, 11) is 0. The van der Waals surface area contributed by atoms with Crippen LogP contribution in [0, 0.1) is 0 Å². The first-order valence-electron chi connectivity index (χ1n) is 8.14. The summed E-state index contributed by atoms with van der Waals surface area (Å²) in [6.07, 6.45) is 0.115. The Morgan fingerprint density at radius 1 is 1.16 bits per heavy atom. The molecule has 0 fully saturated rings. The Balaban J connectivity index is 2.34. The molecule has 1 unspecified atom stereocenters. The van der Waals surface area contributed by atoms with Gasteiger partial charge in [0, 0.05) is 6.07 Å².